The number of fused-ring (bicyclic) bond motifs is 1. The molecule has 244 valence electrons. The number of halogens is 15. The molecule has 0 radical (unpaired) electrons. The average molecular weight is 676 g/mol. The Morgan fingerprint density at radius 1 is 0.457 bits per heavy atom. The lowest BCUT2D eigenvalue weighted by Crippen LogP contribution is -2.24. The van der Waals surface area contributed by atoms with Gasteiger partial charge in [-0.1, -0.05) is 0 Å². The van der Waals surface area contributed by atoms with E-state index in [1.54, 1.807) is 0 Å². The summed E-state index contributed by atoms with van der Waals surface area (Å²) in [5, 5.41) is 0. The second-order valence-corrected chi connectivity index (χ2v) is 9.17. The molecule has 0 saturated carbocycles. The standard InChI is InChI=1S/C18F15N.C9H11N3/c19-1-4(22)10(28)16(11(29)5(1)23)34(17-12(30)6(24)2(20)7(25)13(17)31)18-14(32)8(26)3(21)9(27)15(18)33;1-5-3-7-8(4-6(5)2)12-9(10)11-7/h;3-4H,1-2H3,(H3,10,11,12). The van der Waals surface area contributed by atoms with E-state index in [0.29, 0.717) is 5.95 Å². The molecule has 0 atom stereocenters. The van der Waals surface area contributed by atoms with Gasteiger partial charge in [0.05, 0.1) is 11.0 Å². The van der Waals surface area contributed by atoms with Gasteiger partial charge in [-0.25, -0.2) is 70.8 Å². The maximum absolute atomic E-state index is 14.3. The van der Waals surface area contributed by atoms with E-state index in [1.165, 1.54) is 11.1 Å². The summed E-state index contributed by atoms with van der Waals surface area (Å²) < 4.78 is 208. The zero-order valence-electron chi connectivity index (χ0n) is 22.3. The van der Waals surface area contributed by atoms with Gasteiger partial charge in [0, 0.05) is 0 Å². The first-order chi connectivity index (χ1) is 21.3. The number of hydrogen-bond donors (Lipinski definition) is 2. The van der Waals surface area contributed by atoms with Crippen LogP contribution >= 0.6 is 0 Å². The van der Waals surface area contributed by atoms with Crippen LogP contribution in [-0.2, 0) is 0 Å². The molecule has 0 saturated heterocycles. The van der Waals surface area contributed by atoms with Gasteiger partial charge in [-0.05, 0) is 37.1 Å². The van der Waals surface area contributed by atoms with Crippen molar-refractivity contribution in [3.63, 3.8) is 0 Å². The normalized spacial score (nSPS) is 11.2. The van der Waals surface area contributed by atoms with Crippen LogP contribution in [0.3, 0.4) is 0 Å². The van der Waals surface area contributed by atoms with E-state index in [0.717, 1.165) is 11.0 Å². The Morgan fingerprint density at radius 2 is 0.717 bits per heavy atom. The smallest absolute Gasteiger partial charge is 0.200 e. The van der Waals surface area contributed by atoms with Crippen molar-refractivity contribution in [2.75, 3.05) is 10.6 Å². The molecular formula is C27H11F15N4. The zero-order chi connectivity index (χ0) is 34.7. The van der Waals surface area contributed by atoms with Gasteiger partial charge in [-0.3, -0.25) is 4.90 Å². The number of nitrogens with two attached hydrogens (primary N) is 1. The number of aromatic nitrogens is 2. The van der Waals surface area contributed by atoms with E-state index in [-0.39, 0.29) is 0 Å². The highest BCUT2D eigenvalue weighted by molar-refractivity contribution is 5.80. The molecule has 0 fully saturated rings. The van der Waals surface area contributed by atoms with Crippen LogP contribution in [0.2, 0.25) is 0 Å². The highest BCUT2D eigenvalue weighted by Crippen LogP contribution is 2.46. The molecule has 1 aromatic heterocycles. The van der Waals surface area contributed by atoms with Crippen molar-refractivity contribution in [1.29, 1.82) is 0 Å². The van der Waals surface area contributed by atoms with Gasteiger partial charge >= 0.3 is 0 Å². The number of hydrogen-bond acceptors (Lipinski definition) is 3. The average Bonchev–Trinajstić information content (AvgIpc) is 3.37. The van der Waals surface area contributed by atoms with Gasteiger partial charge in [-0.15, -0.1) is 0 Å². The van der Waals surface area contributed by atoms with Crippen molar-refractivity contribution in [3.8, 4) is 0 Å². The summed E-state index contributed by atoms with van der Waals surface area (Å²) in [5.74, 6) is -45.5. The lowest BCUT2D eigenvalue weighted by Gasteiger charge is -2.28. The van der Waals surface area contributed by atoms with E-state index in [9.17, 15) is 65.9 Å². The first kappa shape index (κ1) is 33.8. The maximum atomic E-state index is 14.3. The third-order valence-corrected chi connectivity index (χ3v) is 6.35. The van der Waals surface area contributed by atoms with Gasteiger partial charge in [-0.2, -0.15) is 0 Å². The van der Waals surface area contributed by atoms with Crippen LogP contribution in [-0.4, -0.2) is 9.97 Å². The molecule has 0 spiro atoms. The number of benzene rings is 4. The molecule has 4 aromatic carbocycles. The molecule has 0 bridgehead atoms. The number of nitrogen functional groups attached to an aromatic ring is 1. The van der Waals surface area contributed by atoms with Crippen LogP contribution in [0, 0.1) is 101 Å². The molecule has 5 aromatic rings. The van der Waals surface area contributed by atoms with Gasteiger partial charge in [0.15, 0.2) is 75.8 Å². The molecule has 19 heteroatoms. The first-order valence-corrected chi connectivity index (χ1v) is 11.9. The van der Waals surface area contributed by atoms with Crippen LogP contribution in [0.25, 0.3) is 11.0 Å². The molecule has 0 unspecified atom stereocenters. The van der Waals surface area contributed by atoms with Crippen LogP contribution in [0.5, 0.6) is 0 Å². The summed E-state index contributed by atoms with van der Waals surface area (Å²) in [6.07, 6.45) is 0. The lowest BCUT2D eigenvalue weighted by molar-refractivity contribution is 0.369. The fourth-order valence-corrected chi connectivity index (χ4v) is 3.99. The van der Waals surface area contributed by atoms with E-state index >= 15 is 0 Å². The topological polar surface area (TPSA) is 57.9 Å². The number of imidazole rings is 1. The number of nitrogens with zero attached hydrogens (tertiary/aromatic N) is 2. The maximum Gasteiger partial charge on any atom is 0.200 e. The second kappa shape index (κ2) is 12.0. The molecule has 4 nitrogen and oxygen atoms in total. The Balaban J connectivity index is 0.000000331. The van der Waals surface area contributed by atoms with Crippen molar-refractivity contribution in [1.82, 2.24) is 9.97 Å². The molecule has 46 heavy (non-hydrogen) atoms. The number of aryl methyl sites for hydroxylation is 2. The first-order valence-electron chi connectivity index (χ1n) is 11.9. The largest absolute Gasteiger partial charge is 0.369 e. The van der Waals surface area contributed by atoms with Gasteiger partial charge in [0.2, 0.25) is 17.5 Å². The van der Waals surface area contributed by atoms with Crippen molar-refractivity contribution in [2.24, 2.45) is 0 Å². The number of aromatic amines is 1. The number of anilines is 4. The van der Waals surface area contributed by atoms with Crippen LogP contribution < -0.4 is 10.6 Å². The Bertz CT molecular complexity index is 1770. The quantitative estimate of drug-likeness (QED) is 0.114. The van der Waals surface area contributed by atoms with Crippen molar-refractivity contribution >= 4 is 34.0 Å². The summed E-state index contributed by atoms with van der Waals surface area (Å²) in [5.41, 5.74) is 1.44. The molecule has 0 aliphatic rings. The minimum absolute atomic E-state index is 0.481. The SMILES string of the molecule is Cc1cc2nc(N)[nH]c2cc1C.Fc1c(F)c(F)c(N(c2c(F)c(F)c(F)c(F)c2F)c2c(F)c(F)c(F)c(F)c2F)c(F)c1F. The lowest BCUT2D eigenvalue weighted by atomic mass is 10.1. The van der Waals surface area contributed by atoms with E-state index in [1.807, 2.05) is 6.07 Å². The fraction of sp³-hybridized carbons (Fsp3) is 0.0741. The molecule has 0 aliphatic heterocycles. The molecular weight excluding hydrogens is 665 g/mol. The monoisotopic (exact) mass is 676 g/mol. The highest BCUT2D eigenvalue weighted by atomic mass is 19.2. The van der Waals surface area contributed by atoms with Crippen molar-refractivity contribution in [2.45, 2.75) is 13.8 Å². The summed E-state index contributed by atoms with van der Waals surface area (Å²) in [7, 11) is 0. The summed E-state index contributed by atoms with van der Waals surface area (Å²) in [6, 6.07) is 4.10. The van der Waals surface area contributed by atoms with Crippen LogP contribution in [0.4, 0.5) is 88.9 Å². The van der Waals surface area contributed by atoms with Gasteiger partial charge < -0.3 is 10.7 Å². The molecule has 5 rings (SSSR count). The minimum Gasteiger partial charge on any atom is -0.369 e. The number of H-pyrrole nitrogens is 1. The predicted molar refractivity (Wildman–Crippen MR) is 130 cm³/mol. The second-order valence-electron chi connectivity index (χ2n) is 9.17. The fourth-order valence-electron chi connectivity index (χ4n) is 3.99. The Kier molecular flexibility index (Phi) is 8.82. The Labute approximate surface area is 245 Å². The third-order valence-electron chi connectivity index (χ3n) is 6.35. The van der Waals surface area contributed by atoms with E-state index in [4.69, 9.17) is 5.73 Å². The predicted octanol–water partition coefficient (Wildman–Crippen LogP) is 9.00. The molecule has 0 aliphatic carbocycles. The summed E-state index contributed by atoms with van der Waals surface area (Å²) in [6.45, 7) is 4.14. The Morgan fingerprint density at radius 3 is 1.02 bits per heavy atom. The van der Waals surface area contributed by atoms with Crippen molar-refractivity contribution < 1.29 is 65.9 Å². The Hall–Kier alpha value is -5.10. The van der Waals surface area contributed by atoms with Crippen LogP contribution in [0.1, 0.15) is 11.1 Å². The van der Waals surface area contributed by atoms with Crippen LogP contribution in [0.15, 0.2) is 12.1 Å². The van der Waals surface area contributed by atoms with Gasteiger partial charge in [0.1, 0.15) is 17.1 Å². The van der Waals surface area contributed by atoms with Gasteiger partial charge in [0.25, 0.3) is 0 Å². The summed E-state index contributed by atoms with van der Waals surface area (Å²) in [4.78, 5) is 5.58. The highest BCUT2D eigenvalue weighted by Gasteiger charge is 2.41. The van der Waals surface area contributed by atoms with E-state index < -0.39 is 109 Å². The van der Waals surface area contributed by atoms with Crippen molar-refractivity contribution in [3.05, 3.63) is 111 Å². The van der Waals surface area contributed by atoms with E-state index in [2.05, 4.69) is 29.9 Å². The third kappa shape index (κ3) is 5.28. The molecule has 1 heterocycles. The minimum atomic E-state index is -3.12. The molecule has 0 amide bonds. The summed E-state index contributed by atoms with van der Waals surface area (Å²) >= 11 is 0. The molecule has 3 N–H and O–H groups in total. The number of nitrogens with one attached hydrogen (secondary N) is 1. The number of rotatable bonds is 3. The zero-order valence-corrected chi connectivity index (χ0v) is 22.3.